The quantitative estimate of drug-likeness (QED) is 0.557. The van der Waals surface area contributed by atoms with Gasteiger partial charge >= 0.3 is 5.69 Å². The predicted octanol–water partition coefficient (Wildman–Crippen LogP) is 2.75. The van der Waals surface area contributed by atoms with Crippen LogP contribution in [-0.4, -0.2) is 29.9 Å². The fraction of sp³-hybridized carbons (Fsp3) is 0.222. The molecular weight excluding hydrogens is 338 g/mol. The molecule has 0 aliphatic carbocycles. The fourth-order valence-electron chi connectivity index (χ4n) is 2.15. The first kappa shape index (κ1) is 18.9. The fourth-order valence-corrected chi connectivity index (χ4v) is 2.15. The highest BCUT2D eigenvalue weighted by Crippen LogP contribution is 2.25. The van der Waals surface area contributed by atoms with Crippen LogP contribution in [0.3, 0.4) is 0 Å². The standard InChI is InChI=1S/C18H19N3O5/c1-2-10-19-18(23)13-6-5-7-14(11-13)20-17(22)12-26-16-9-4-3-8-15(16)21(24)25/h3-9,11H,2,10,12H2,1H3,(H,19,23)(H,20,22). The minimum Gasteiger partial charge on any atom is -0.477 e. The lowest BCUT2D eigenvalue weighted by Crippen LogP contribution is -2.24. The van der Waals surface area contributed by atoms with Crippen molar-refractivity contribution in [2.75, 3.05) is 18.5 Å². The summed E-state index contributed by atoms with van der Waals surface area (Å²) in [6.07, 6.45) is 0.825. The number of carbonyl (C=O) groups excluding carboxylic acids is 2. The Morgan fingerprint density at radius 3 is 2.65 bits per heavy atom. The number of hydrogen-bond acceptors (Lipinski definition) is 5. The predicted molar refractivity (Wildman–Crippen MR) is 96.3 cm³/mol. The van der Waals surface area contributed by atoms with Gasteiger partial charge < -0.3 is 15.4 Å². The van der Waals surface area contributed by atoms with Crippen LogP contribution in [0.5, 0.6) is 5.75 Å². The van der Waals surface area contributed by atoms with Crippen LogP contribution in [0.1, 0.15) is 23.7 Å². The number of nitrogens with one attached hydrogen (secondary N) is 2. The van der Waals surface area contributed by atoms with Gasteiger partial charge in [0, 0.05) is 23.9 Å². The summed E-state index contributed by atoms with van der Waals surface area (Å²) in [6.45, 7) is 2.13. The molecule has 2 aromatic carbocycles. The topological polar surface area (TPSA) is 111 Å². The van der Waals surface area contributed by atoms with Gasteiger partial charge in [0.25, 0.3) is 11.8 Å². The number of nitrogens with zero attached hydrogens (tertiary/aromatic N) is 1. The first-order valence-corrected chi connectivity index (χ1v) is 8.05. The number of anilines is 1. The number of rotatable bonds is 8. The molecule has 0 aliphatic heterocycles. The van der Waals surface area contributed by atoms with E-state index in [9.17, 15) is 19.7 Å². The smallest absolute Gasteiger partial charge is 0.310 e. The lowest BCUT2D eigenvalue weighted by atomic mass is 10.2. The molecule has 2 N–H and O–H groups in total. The second kappa shape index (κ2) is 9.16. The Kier molecular flexibility index (Phi) is 6.67. The average molecular weight is 357 g/mol. The van der Waals surface area contributed by atoms with Gasteiger partial charge in [-0.1, -0.05) is 25.1 Å². The molecule has 2 amide bonds. The molecule has 0 bridgehead atoms. The number of nitro benzene ring substituents is 1. The highest BCUT2D eigenvalue weighted by Gasteiger charge is 2.15. The van der Waals surface area contributed by atoms with Gasteiger partial charge in [-0.05, 0) is 30.7 Å². The molecule has 8 heteroatoms. The molecule has 0 aromatic heterocycles. The Morgan fingerprint density at radius 2 is 1.92 bits per heavy atom. The summed E-state index contributed by atoms with van der Waals surface area (Å²) in [5, 5.41) is 16.3. The van der Waals surface area contributed by atoms with Crippen LogP contribution < -0.4 is 15.4 Å². The van der Waals surface area contributed by atoms with E-state index in [0.29, 0.717) is 17.8 Å². The maximum Gasteiger partial charge on any atom is 0.310 e. The second-order valence-corrected chi connectivity index (χ2v) is 5.40. The number of hydrogen-bond donors (Lipinski definition) is 2. The summed E-state index contributed by atoms with van der Waals surface area (Å²) in [6, 6.07) is 12.3. The van der Waals surface area contributed by atoms with Gasteiger partial charge in [-0.3, -0.25) is 19.7 Å². The molecule has 0 heterocycles. The van der Waals surface area contributed by atoms with E-state index >= 15 is 0 Å². The summed E-state index contributed by atoms with van der Waals surface area (Å²) >= 11 is 0. The third kappa shape index (κ3) is 5.30. The van der Waals surface area contributed by atoms with Gasteiger partial charge in [-0.25, -0.2) is 0 Å². The number of ether oxygens (including phenoxy) is 1. The average Bonchev–Trinajstić information content (AvgIpc) is 2.64. The van der Waals surface area contributed by atoms with Crippen molar-refractivity contribution in [1.29, 1.82) is 0 Å². The molecule has 0 fully saturated rings. The van der Waals surface area contributed by atoms with Gasteiger partial charge in [0.1, 0.15) is 0 Å². The number of nitro groups is 1. The molecule has 0 radical (unpaired) electrons. The normalized spacial score (nSPS) is 10.0. The van der Waals surface area contributed by atoms with E-state index in [-0.39, 0.29) is 17.3 Å². The van der Waals surface area contributed by atoms with Gasteiger partial charge in [-0.15, -0.1) is 0 Å². The molecule has 2 rings (SSSR count). The summed E-state index contributed by atoms with van der Waals surface area (Å²) < 4.78 is 5.23. The Balaban J connectivity index is 1.96. The SMILES string of the molecule is CCCNC(=O)c1cccc(NC(=O)COc2ccccc2[N+](=O)[O-])c1. The highest BCUT2D eigenvalue weighted by molar-refractivity contribution is 5.97. The first-order chi connectivity index (χ1) is 12.5. The van der Waals surface area contributed by atoms with Crippen molar-refractivity contribution in [2.24, 2.45) is 0 Å². The first-order valence-electron chi connectivity index (χ1n) is 8.05. The van der Waals surface area contributed by atoms with E-state index in [4.69, 9.17) is 4.74 Å². The lowest BCUT2D eigenvalue weighted by Gasteiger charge is -2.09. The maximum atomic E-state index is 12.0. The van der Waals surface area contributed by atoms with Crippen molar-refractivity contribution in [3.8, 4) is 5.75 Å². The molecule has 0 saturated heterocycles. The minimum atomic E-state index is -0.578. The van der Waals surface area contributed by atoms with Crippen molar-refractivity contribution in [1.82, 2.24) is 5.32 Å². The van der Waals surface area contributed by atoms with Crippen LogP contribution in [0.2, 0.25) is 0 Å². The highest BCUT2D eigenvalue weighted by atomic mass is 16.6. The Bertz CT molecular complexity index is 807. The number of amides is 2. The second-order valence-electron chi connectivity index (χ2n) is 5.40. The van der Waals surface area contributed by atoms with Crippen molar-refractivity contribution in [3.05, 3.63) is 64.2 Å². The maximum absolute atomic E-state index is 12.0. The summed E-state index contributed by atoms with van der Waals surface area (Å²) in [4.78, 5) is 34.3. The van der Waals surface area contributed by atoms with Crippen LogP contribution in [-0.2, 0) is 4.79 Å². The van der Waals surface area contributed by atoms with E-state index in [0.717, 1.165) is 6.42 Å². The Labute approximate surface area is 150 Å². The van der Waals surface area contributed by atoms with Gasteiger partial charge in [0.15, 0.2) is 12.4 Å². The number of para-hydroxylation sites is 2. The zero-order valence-corrected chi connectivity index (χ0v) is 14.2. The van der Waals surface area contributed by atoms with Crippen LogP contribution in [0.4, 0.5) is 11.4 Å². The molecule has 0 aliphatic rings. The van der Waals surface area contributed by atoms with E-state index in [1.165, 1.54) is 18.2 Å². The lowest BCUT2D eigenvalue weighted by molar-refractivity contribution is -0.385. The van der Waals surface area contributed by atoms with Gasteiger partial charge in [-0.2, -0.15) is 0 Å². The van der Waals surface area contributed by atoms with Gasteiger partial charge in [0.2, 0.25) is 0 Å². The molecule has 26 heavy (non-hydrogen) atoms. The molecule has 0 unspecified atom stereocenters. The third-order valence-corrected chi connectivity index (χ3v) is 3.36. The number of carbonyl (C=O) groups is 2. The molecule has 0 spiro atoms. The Morgan fingerprint density at radius 1 is 1.15 bits per heavy atom. The molecular formula is C18H19N3O5. The van der Waals surface area contributed by atoms with E-state index < -0.39 is 17.4 Å². The molecule has 0 saturated carbocycles. The molecule has 2 aromatic rings. The van der Waals surface area contributed by atoms with Crippen LogP contribution in [0, 0.1) is 10.1 Å². The zero-order valence-electron chi connectivity index (χ0n) is 14.2. The summed E-state index contributed by atoms with van der Waals surface area (Å²) in [7, 11) is 0. The van der Waals surface area contributed by atoms with E-state index in [1.807, 2.05) is 6.92 Å². The zero-order chi connectivity index (χ0) is 18.9. The molecule has 136 valence electrons. The van der Waals surface area contributed by atoms with Crippen molar-refractivity contribution in [2.45, 2.75) is 13.3 Å². The van der Waals surface area contributed by atoms with Crippen molar-refractivity contribution >= 4 is 23.2 Å². The van der Waals surface area contributed by atoms with E-state index in [1.54, 1.807) is 30.3 Å². The number of benzene rings is 2. The summed E-state index contributed by atoms with van der Waals surface area (Å²) in [5.74, 6) is -0.700. The summed E-state index contributed by atoms with van der Waals surface area (Å²) in [5.41, 5.74) is 0.649. The van der Waals surface area contributed by atoms with Crippen LogP contribution >= 0.6 is 0 Å². The monoisotopic (exact) mass is 357 g/mol. The van der Waals surface area contributed by atoms with Crippen LogP contribution in [0.15, 0.2) is 48.5 Å². The Hall–Kier alpha value is -3.42. The van der Waals surface area contributed by atoms with Gasteiger partial charge in [0.05, 0.1) is 4.92 Å². The van der Waals surface area contributed by atoms with Crippen molar-refractivity contribution < 1.29 is 19.2 Å². The van der Waals surface area contributed by atoms with E-state index in [2.05, 4.69) is 10.6 Å². The van der Waals surface area contributed by atoms with Crippen LogP contribution in [0.25, 0.3) is 0 Å². The molecule has 0 atom stereocenters. The third-order valence-electron chi connectivity index (χ3n) is 3.36. The minimum absolute atomic E-state index is 0.0142. The van der Waals surface area contributed by atoms with Crippen molar-refractivity contribution in [3.63, 3.8) is 0 Å². The largest absolute Gasteiger partial charge is 0.477 e. The molecule has 8 nitrogen and oxygen atoms in total.